The van der Waals surface area contributed by atoms with Crippen molar-refractivity contribution in [1.29, 1.82) is 0 Å². The molecule has 0 bridgehead atoms. The fraction of sp³-hybridized carbons (Fsp3) is 0.917. The Kier molecular flexibility index (Phi) is 8.95. The number of hydrogen-bond acceptors (Lipinski definition) is 3. The van der Waals surface area contributed by atoms with Gasteiger partial charge in [-0.05, 0) is 58.3 Å². The van der Waals surface area contributed by atoms with Gasteiger partial charge < -0.3 is 15.5 Å². The van der Waals surface area contributed by atoms with Crippen LogP contribution in [0.3, 0.4) is 0 Å². The predicted molar refractivity (Wildman–Crippen MR) is 78.8 cm³/mol. The van der Waals surface area contributed by atoms with E-state index in [1.54, 1.807) is 0 Å². The normalized spacial score (nSPS) is 25.1. The standard InChI is InChI=1S/C12H23N3O.2ClH/c1-15-7-4-10(5-8-15)9-14-12(16)11-3-2-6-13-11;;/h10-11,13H,2-9H2,1H3,(H,14,16);2*1H. The monoisotopic (exact) mass is 297 g/mol. The average molecular weight is 298 g/mol. The number of nitrogens with one attached hydrogen (secondary N) is 2. The highest BCUT2D eigenvalue weighted by Crippen LogP contribution is 2.15. The van der Waals surface area contributed by atoms with Crippen LogP contribution in [0.4, 0.5) is 0 Å². The summed E-state index contributed by atoms with van der Waals surface area (Å²) in [6.07, 6.45) is 4.56. The van der Waals surface area contributed by atoms with E-state index in [2.05, 4.69) is 22.6 Å². The molecular weight excluding hydrogens is 273 g/mol. The molecule has 1 amide bonds. The highest BCUT2D eigenvalue weighted by molar-refractivity contribution is 5.85. The molecule has 0 aliphatic carbocycles. The minimum atomic E-state index is 0. The van der Waals surface area contributed by atoms with Gasteiger partial charge in [-0.3, -0.25) is 4.79 Å². The number of likely N-dealkylation sites (tertiary alicyclic amines) is 1. The van der Waals surface area contributed by atoms with Gasteiger partial charge >= 0.3 is 0 Å². The average Bonchev–Trinajstić information content (AvgIpc) is 2.81. The maximum atomic E-state index is 11.8. The molecule has 108 valence electrons. The number of nitrogens with zero attached hydrogens (tertiary/aromatic N) is 1. The number of carbonyl (C=O) groups excluding carboxylic acids is 1. The zero-order chi connectivity index (χ0) is 11.4. The summed E-state index contributed by atoms with van der Waals surface area (Å²) < 4.78 is 0. The molecular formula is C12H25Cl2N3O. The minimum Gasteiger partial charge on any atom is -0.354 e. The van der Waals surface area contributed by atoms with Gasteiger partial charge in [0.15, 0.2) is 0 Å². The Morgan fingerprint density at radius 2 is 1.94 bits per heavy atom. The van der Waals surface area contributed by atoms with Crippen LogP contribution in [0.15, 0.2) is 0 Å². The van der Waals surface area contributed by atoms with Gasteiger partial charge in [-0.2, -0.15) is 0 Å². The number of hydrogen-bond donors (Lipinski definition) is 2. The second-order valence-corrected chi connectivity index (χ2v) is 5.14. The van der Waals surface area contributed by atoms with Crippen molar-refractivity contribution in [3.05, 3.63) is 0 Å². The largest absolute Gasteiger partial charge is 0.354 e. The van der Waals surface area contributed by atoms with E-state index in [0.717, 1.165) is 25.9 Å². The van der Waals surface area contributed by atoms with Crippen LogP contribution in [-0.4, -0.2) is 50.1 Å². The number of piperidine rings is 1. The molecule has 0 aromatic rings. The van der Waals surface area contributed by atoms with Crippen LogP contribution in [0.25, 0.3) is 0 Å². The van der Waals surface area contributed by atoms with Gasteiger partial charge in [0.2, 0.25) is 5.91 Å². The second-order valence-electron chi connectivity index (χ2n) is 5.14. The first-order chi connectivity index (χ1) is 7.75. The number of carbonyl (C=O) groups is 1. The van der Waals surface area contributed by atoms with Crippen molar-refractivity contribution in [3.8, 4) is 0 Å². The van der Waals surface area contributed by atoms with Crippen molar-refractivity contribution in [2.75, 3.05) is 33.2 Å². The van der Waals surface area contributed by atoms with Crippen LogP contribution in [0.2, 0.25) is 0 Å². The lowest BCUT2D eigenvalue weighted by atomic mass is 9.97. The summed E-state index contributed by atoms with van der Waals surface area (Å²) in [5.74, 6) is 0.887. The lowest BCUT2D eigenvalue weighted by molar-refractivity contribution is -0.123. The van der Waals surface area contributed by atoms with E-state index in [9.17, 15) is 4.79 Å². The minimum absolute atomic E-state index is 0. The molecule has 2 aliphatic rings. The van der Waals surface area contributed by atoms with E-state index >= 15 is 0 Å². The molecule has 0 aromatic heterocycles. The van der Waals surface area contributed by atoms with Gasteiger partial charge in [0.1, 0.15) is 0 Å². The first-order valence-corrected chi connectivity index (χ1v) is 6.45. The van der Waals surface area contributed by atoms with Gasteiger partial charge in [-0.1, -0.05) is 0 Å². The van der Waals surface area contributed by atoms with Gasteiger partial charge in [0.25, 0.3) is 0 Å². The third-order valence-electron chi connectivity index (χ3n) is 3.78. The molecule has 2 N–H and O–H groups in total. The van der Waals surface area contributed by atoms with E-state index < -0.39 is 0 Å². The summed E-state index contributed by atoms with van der Waals surface area (Å²) in [4.78, 5) is 14.1. The molecule has 2 rings (SSSR count). The van der Waals surface area contributed by atoms with Crippen LogP contribution in [0.5, 0.6) is 0 Å². The molecule has 1 unspecified atom stereocenters. The van der Waals surface area contributed by atoms with Crippen molar-refractivity contribution < 1.29 is 4.79 Å². The van der Waals surface area contributed by atoms with E-state index in [0.29, 0.717) is 5.92 Å². The summed E-state index contributed by atoms with van der Waals surface area (Å²) in [5, 5.41) is 6.32. The quantitative estimate of drug-likeness (QED) is 0.818. The van der Waals surface area contributed by atoms with Crippen molar-refractivity contribution in [2.45, 2.75) is 31.7 Å². The summed E-state index contributed by atoms with van der Waals surface area (Å²) in [6.45, 7) is 4.20. The Hall–Kier alpha value is -0.0300. The first-order valence-electron chi connectivity index (χ1n) is 6.45. The number of rotatable bonds is 3. The summed E-state index contributed by atoms with van der Waals surface area (Å²) in [6, 6.07) is 0.0752. The van der Waals surface area contributed by atoms with E-state index in [1.165, 1.54) is 25.9 Å². The second kappa shape index (κ2) is 8.97. The van der Waals surface area contributed by atoms with Gasteiger partial charge in [-0.15, -0.1) is 24.8 Å². The Morgan fingerprint density at radius 1 is 1.28 bits per heavy atom. The third kappa shape index (κ3) is 5.31. The zero-order valence-electron chi connectivity index (χ0n) is 11.0. The molecule has 2 heterocycles. The molecule has 1 atom stereocenters. The maximum absolute atomic E-state index is 11.8. The molecule has 0 aromatic carbocycles. The molecule has 0 radical (unpaired) electrons. The molecule has 0 saturated carbocycles. The first kappa shape index (κ1) is 18.0. The van der Waals surface area contributed by atoms with Gasteiger partial charge in [0.05, 0.1) is 6.04 Å². The van der Waals surface area contributed by atoms with Gasteiger partial charge in [0, 0.05) is 6.54 Å². The fourth-order valence-electron chi connectivity index (χ4n) is 2.54. The molecule has 2 aliphatic heterocycles. The van der Waals surface area contributed by atoms with Crippen molar-refractivity contribution >= 4 is 30.7 Å². The fourth-order valence-corrected chi connectivity index (χ4v) is 2.54. The maximum Gasteiger partial charge on any atom is 0.237 e. The SMILES string of the molecule is CN1CCC(CNC(=O)C2CCCN2)CC1.Cl.Cl. The molecule has 4 nitrogen and oxygen atoms in total. The summed E-state index contributed by atoms with van der Waals surface area (Å²) in [5.41, 5.74) is 0. The highest BCUT2D eigenvalue weighted by Gasteiger charge is 2.23. The third-order valence-corrected chi connectivity index (χ3v) is 3.78. The molecule has 6 heteroatoms. The smallest absolute Gasteiger partial charge is 0.237 e. The van der Waals surface area contributed by atoms with Crippen molar-refractivity contribution in [3.63, 3.8) is 0 Å². The molecule has 0 spiro atoms. The number of amides is 1. The van der Waals surface area contributed by atoms with Crippen molar-refractivity contribution in [2.24, 2.45) is 5.92 Å². The lowest BCUT2D eigenvalue weighted by Crippen LogP contribution is -2.43. The van der Waals surface area contributed by atoms with Gasteiger partial charge in [-0.25, -0.2) is 0 Å². The Labute approximate surface area is 122 Å². The zero-order valence-corrected chi connectivity index (χ0v) is 12.6. The van der Waals surface area contributed by atoms with E-state index in [-0.39, 0.29) is 36.8 Å². The predicted octanol–water partition coefficient (Wildman–Crippen LogP) is 1.04. The van der Waals surface area contributed by atoms with E-state index in [4.69, 9.17) is 0 Å². The van der Waals surface area contributed by atoms with Crippen LogP contribution in [0.1, 0.15) is 25.7 Å². The highest BCUT2D eigenvalue weighted by atomic mass is 35.5. The van der Waals surface area contributed by atoms with Crippen LogP contribution < -0.4 is 10.6 Å². The Morgan fingerprint density at radius 3 is 2.50 bits per heavy atom. The Bertz CT molecular complexity index is 239. The number of halogens is 2. The Balaban J connectivity index is 0.00000144. The summed E-state index contributed by atoms with van der Waals surface area (Å²) in [7, 11) is 2.16. The summed E-state index contributed by atoms with van der Waals surface area (Å²) >= 11 is 0. The molecule has 2 saturated heterocycles. The van der Waals surface area contributed by atoms with Crippen molar-refractivity contribution in [1.82, 2.24) is 15.5 Å². The van der Waals surface area contributed by atoms with Crippen LogP contribution in [-0.2, 0) is 4.79 Å². The van der Waals surface area contributed by atoms with E-state index in [1.807, 2.05) is 0 Å². The lowest BCUT2D eigenvalue weighted by Gasteiger charge is -2.29. The molecule has 2 fully saturated rings. The topological polar surface area (TPSA) is 44.4 Å². The van der Waals surface area contributed by atoms with Crippen LogP contribution in [0, 0.1) is 5.92 Å². The van der Waals surface area contributed by atoms with Crippen LogP contribution >= 0.6 is 24.8 Å². The molecule has 18 heavy (non-hydrogen) atoms.